The van der Waals surface area contributed by atoms with Crippen molar-refractivity contribution in [2.45, 2.75) is 64.5 Å². The Morgan fingerprint density at radius 1 is 1.04 bits per heavy atom. The summed E-state index contributed by atoms with van der Waals surface area (Å²) in [5.74, 6) is 0. The van der Waals surface area contributed by atoms with Crippen LogP contribution in [-0.2, 0) is 29.1 Å². The fourth-order valence-electron chi connectivity index (χ4n) is 2.63. The van der Waals surface area contributed by atoms with Crippen LogP contribution >= 0.6 is 0 Å². The molecular weight excluding hydrogens is 342 g/mol. The van der Waals surface area contributed by atoms with Crippen molar-refractivity contribution in [1.82, 2.24) is 4.72 Å². The molecule has 26 heavy (non-hydrogen) atoms. The topological polar surface area (TPSA) is 44.3 Å². The SMILES string of the molecule is CCc1cccc([C@H](N[S@@+]([O-])C(C)(C)C)[C@H](C)OCc2ccccc2)c1. The van der Waals surface area contributed by atoms with Crippen LogP contribution in [0.2, 0.25) is 0 Å². The predicted molar refractivity (Wildman–Crippen MR) is 110 cm³/mol. The molecule has 3 nitrogen and oxygen atoms in total. The Morgan fingerprint density at radius 3 is 2.31 bits per heavy atom. The van der Waals surface area contributed by atoms with E-state index in [-0.39, 0.29) is 16.9 Å². The second-order valence-electron chi connectivity index (χ2n) is 7.58. The molecule has 0 aromatic heterocycles. The average molecular weight is 374 g/mol. The molecule has 0 bridgehead atoms. The van der Waals surface area contributed by atoms with Crippen LogP contribution in [0.4, 0.5) is 0 Å². The molecule has 2 aromatic carbocycles. The minimum Gasteiger partial charge on any atom is -0.598 e. The van der Waals surface area contributed by atoms with Crippen molar-refractivity contribution in [3.8, 4) is 0 Å². The fourth-order valence-corrected chi connectivity index (χ4v) is 3.54. The van der Waals surface area contributed by atoms with Gasteiger partial charge in [-0.1, -0.05) is 61.5 Å². The summed E-state index contributed by atoms with van der Waals surface area (Å²) in [7, 11) is 0. The maximum Gasteiger partial charge on any atom is 0.136 e. The maximum atomic E-state index is 12.7. The first kappa shape index (κ1) is 21.0. The van der Waals surface area contributed by atoms with Crippen molar-refractivity contribution in [3.05, 3.63) is 71.3 Å². The second kappa shape index (κ2) is 9.56. The number of nitrogens with one attached hydrogen (secondary N) is 1. The largest absolute Gasteiger partial charge is 0.598 e. The monoisotopic (exact) mass is 373 g/mol. The minimum atomic E-state index is -1.18. The van der Waals surface area contributed by atoms with Crippen LogP contribution < -0.4 is 4.72 Å². The van der Waals surface area contributed by atoms with Gasteiger partial charge in [0.05, 0.1) is 12.7 Å². The molecule has 2 rings (SSSR count). The lowest BCUT2D eigenvalue weighted by atomic mass is 10.00. The van der Waals surface area contributed by atoms with E-state index in [1.165, 1.54) is 5.56 Å². The molecular formula is C22H31NO2S. The van der Waals surface area contributed by atoms with Crippen LogP contribution in [0.25, 0.3) is 0 Å². The number of hydrogen-bond acceptors (Lipinski definition) is 3. The molecule has 0 aliphatic rings. The summed E-state index contributed by atoms with van der Waals surface area (Å²) < 4.78 is 21.8. The third-order valence-corrected chi connectivity index (χ3v) is 5.91. The van der Waals surface area contributed by atoms with Gasteiger partial charge < -0.3 is 9.29 Å². The van der Waals surface area contributed by atoms with Crippen molar-refractivity contribution in [2.24, 2.45) is 0 Å². The molecule has 4 heteroatoms. The molecule has 142 valence electrons. The third kappa shape index (κ3) is 6.13. The third-order valence-electron chi connectivity index (χ3n) is 4.33. The molecule has 0 heterocycles. The molecule has 0 aliphatic heterocycles. The van der Waals surface area contributed by atoms with Gasteiger partial charge in [0, 0.05) is 11.4 Å². The number of benzene rings is 2. The lowest BCUT2D eigenvalue weighted by Crippen LogP contribution is -2.44. The highest BCUT2D eigenvalue weighted by atomic mass is 32.2. The molecule has 2 aromatic rings. The van der Waals surface area contributed by atoms with Gasteiger partial charge in [0.15, 0.2) is 0 Å². The molecule has 0 spiro atoms. The van der Waals surface area contributed by atoms with E-state index in [9.17, 15) is 4.55 Å². The highest BCUT2D eigenvalue weighted by Crippen LogP contribution is 2.25. The highest BCUT2D eigenvalue weighted by molar-refractivity contribution is 7.90. The Balaban J connectivity index is 2.18. The first-order valence-corrected chi connectivity index (χ1v) is 10.4. The van der Waals surface area contributed by atoms with Gasteiger partial charge in [-0.05, 0) is 50.8 Å². The van der Waals surface area contributed by atoms with Crippen LogP contribution in [0.15, 0.2) is 54.6 Å². The van der Waals surface area contributed by atoms with Gasteiger partial charge in [0.2, 0.25) is 0 Å². The summed E-state index contributed by atoms with van der Waals surface area (Å²) in [5.41, 5.74) is 3.52. The molecule has 0 radical (unpaired) electrons. The Hall–Kier alpha value is -1.33. The van der Waals surface area contributed by atoms with Gasteiger partial charge >= 0.3 is 0 Å². The summed E-state index contributed by atoms with van der Waals surface area (Å²) in [6.07, 6.45) is 0.857. The fraction of sp³-hybridized carbons (Fsp3) is 0.455. The molecule has 0 saturated carbocycles. The number of ether oxygens (including phenoxy) is 1. The van der Waals surface area contributed by atoms with E-state index in [2.05, 4.69) is 48.0 Å². The molecule has 0 unspecified atom stereocenters. The minimum absolute atomic E-state index is 0.117. The summed E-state index contributed by atoms with van der Waals surface area (Å²) in [5, 5.41) is 0. The van der Waals surface area contributed by atoms with Crippen molar-refractivity contribution >= 4 is 11.4 Å². The smallest absolute Gasteiger partial charge is 0.136 e. The van der Waals surface area contributed by atoms with E-state index >= 15 is 0 Å². The van der Waals surface area contributed by atoms with E-state index in [0.717, 1.165) is 17.5 Å². The zero-order valence-corrected chi connectivity index (χ0v) is 17.3. The predicted octanol–water partition coefficient (Wildman–Crippen LogP) is 4.95. The van der Waals surface area contributed by atoms with Gasteiger partial charge in [0.25, 0.3) is 0 Å². The van der Waals surface area contributed by atoms with Crippen molar-refractivity contribution in [1.29, 1.82) is 0 Å². The normalized spacial score (nSPS) is 15.5. The van der Waals surface area contributed by atoms with Crippen LogP contribution in [0.3, 0.4) is 0 Å². The quantitative estimate of drug-likeness (QED) is 0.666. The lowest BCUT2D eigenvalue weighted by molar-refractivity contribution is 0.0317. The van der Waals surface area contributed by atoms with Gasteiger partial charge in [-0.15, -0.1) is 4.72 Å². The molecule has 0 aliphatic carbocycles. The van der Waals surface area contributed by atoms with Gasteiger partial charge in [-0.25, -0.2) is 0 Å². The zero-order valence-electron chi connectivity index (χ0n) is 16.5. The average Bonchev–Trinajstić information content (AvgIpc) is 2.64. The first-order valence-electron chi connectivity index (χ1n) is 9.23. The van der Waals surface area contributed by atoms with Gasteiger partial charge in [-0.3, -0.25) is 0 Å². The van der Waals surface area contributed by atoms with Gasteiger partial charge in [0.1, 0.15) is 10.8 Å². The number of rotatable bonds is 8. The van der Waals surface area contributed by atoms with Crippen LogP contribution in [0.1, 0.15) is 57.4 Å². The van der Waals surface area contributed by atoms with Crippen LogP contribution in [0, 0.1) is 0 Å². The van der Waals surface area contributed by atoms with Crippen LogP contribution in [-0.4, -0.2) is 15.4 Å². The van der Waals surface area contributed by atoms with Crippen molar-refractivity contribution in [3.63, 3.8) is 0 Å². The molecule has 0 saturated heterocycles. The van der Waals surface area contributed by atoms with Crippen molar-refractivity contribution < 1.29 is 9.29 Å². The maximum absolute atomic E-state index is 12.7. The summed E-state index contributed by atoms with van der Waals surface area (Å²) in [6.45, 7) is 10.7. The molecule has 1 N–H and O–H groups in total. The second-order valence-corrected chi connectivity index (χ2v) is 9.57. The number of hydrogen-bond donors (Lipinski definition) is 1. The number of aryl methyl sites for hydroxylation is 1. The van der Waals surface area contributed by atoms with E-state index < -0.39 is 11.4 Å². The zero-order chi connectivity index (χ0) is 19.2. The van der Waals surface area contributed by atoms with Crippen molar-refractivity contribution in [2.75, 3.05) is 0 Å². The van der Waals surface area contributed by atoms with E-state index in [1.807, 2.05) is 45.9 Å². The Morgan fingerprint density at radius 2 is 1.69 bits per heavy atom. The Labute approximate surface area is 161 Å². The van der Waals surface area contributed by atoms with Crippen LogP contribution in [0.5, 0.6) is 0 Å². The summed E-state index contributed by atoms with van der Waals surface area (Å²) >= 11 is -1.18. The van der Waals surface area contributed by atoms with E-state index in [4.69, 9.17) is 4.74 Å². The summed E-state index contributed by atoms with van der Waals surface area (Å²) in [6, 6.07) is 18.4. The highest BCUT2D eigenvalue weighted by Gasteiger charge is 2.32. The lowest BCUT2D eigenvalue weighted by Gasteiger charge is -2.31. The van der Waals surface area contributed by atoms with E-state index in [1.54, 1.807) is 0 Å². The Bertz CT molecular complexity index is 669. The summed E-state index contributed by atoms with van der Waals surface area (Å²) in [4.78, 5) is 0. The van der Waals surface area contributed by atoms with E-state index in [0.29, 0.717) is 6.61 Å². The van der Waals surface area contributed by atoms with Gasteiger partial charge in [-0.2, -0.15) is 0 Å². The molecule has 0 amide bonds. The first-order chi connectivity index (χ1) is 12.3. The molecule has 3 atom stereocenters. The standard InChI is InChI=1S/C22H31NO2S/c1-6-18-13-10-14-20(15-18)21(23-26(24)22(3,4)5)17(2)25-16-19-11-8-7-9-12-19/h7-15,17,21,23H,6,16H2,1-5H3/t17-,21+,26-/m0/s1. The molecule has 0 fully saturated rings. The Kier molecular flexibility index (Phi) is 7.71.